The second-order valence-electron chi connectivity index (χ2n) is 8.02. The Balaban J connectivity index is 2.11. The number of rotatable bonds is 5. The van der Waals surface area contributed by atoms with E-state index in [0.29, 0.717) is 5.57 Å². The first-order chi connectivity index (χ1) is 12.4. The summed E-state index contributed by atoms with van der Waals surface area (Å²) in [5.41, 5.74) is -1.52. The van der Waals surface area contributed by atoms with E-state index < -0.39 is 54.4 Å². The molecule has 0 saturated carbocycles. The number of hydrogen-bond donors (Lipinski definition) is 5. The number of ether oxygens (including phenoxy) is 2. The summed E-state index contributed by atoms with van der Waals surface area (Å²) < 4.78 is 10.9. The minimum atomic E-state index is -1.52. The summed E-state index contributed by atoms with van der Waals surface area (Å²) in [5.74, 6) is -0.0406. The third-order valence-electron chi connectivity index (χ3n) is 5.43. The lowest BCUT2D eigenvalue weighted by Crippen LogP contribution is -2.59. The number of allylic oxidation sites excluding steroid dienone is 1. The summed E-state index contributed by atoms with van der Waals surface area (Å²) in [6.45, 7) is 6.40. The van der Waals surface area contributed by atoms with Crippen molar-refractivity contribution < 1.29 is 39.8 Å². The monoisotopic (exact) mass is 386 g/mol. The summed E-state index contributed by atoms with van der Waals surface area (Å²) in [7, 11) is 0. The van der Waals surface area contributed by atoms with E-state index in [1.807, 2.05) is 0 Å². The number of carbonyl (C=O) groups excluding carboxylic acids is 1. The molecule has 27 heavy (non-hydrogen) atoms. The van der Waals surface area contributed by atoms with Crippen LogP contribution in [-0.2, 0) is 14.3 Å². The van der Waals surface area contributed by atoms with Gasteiger partial charge in [0, 0.05) is 11.8 Å². The summed E-state index contributed by atoms with van der Waals surface area (Å²) in [5, 5.41) is 50.0. The first-order valence-electron chi connectivity index (χ1n) is 9.02. The molecular weight excluding hydrogens is 356 g/mol. The molecule has 0 bridgehead atoms. The highest BCUT2D eigenvalue weighted by Crippen LogP contribution is 2.44. The molecule has 0 unspecified atom stereocenters. The van der Waals surface area contributed by atoms with Crippen LogP contribution in [0.15, 0.2) is 23.8 Å². The first-order valence-corrected chi connectivity index (χ1v) is 9.02. The highest BCUT2D eigenvalue weighted by atomic mass is 16.7. The van der Waals surface area contributed by atoms with Crippen molar-refractivity contribution in [2.24, 2.45) is 5.41 Å². The summed E-state index contributed by atoms with van der Waals surface area (Å²) in [6, 6.07) is 0. The second kappa shape index (κ2) is 8.08. The Morgan fingerprint density at radius 1 is 1.30 bits per heavy atom. The van der Waals surface area contributed by atoms with Crippen molar-refractivity contribution in [1.82, 2.24) is 0 Å². The van der Waals surface area contributed by atoms with E-state index in [2.05, 4.69) is 0 Å². The van der Waals surface area contributed by atoms with E-state index in [0.717, 1.165) is 0 Å². The zero-order valence-electron chi connectivity index (χ0n) is 16.1. The normalized spacial score (nSPS) is 40.9. The average Bonchev–Trinajstić information content (AvgIpc) is 2.58. The highest BCUT2D eigenvalue weighted by Gasteiger charge is 2.47. The molecule has 0 aromatic rings. The standard InChI is InChI=1S/C19H30O8/c1-10-7-12(21)8-18(3,4)19(10,25)6-5-11(2)26-17-16(24)15(23)14(22)13(9-20)27-17/h5-7,11,13-17,20,22-25H,8-9H2,1-4H3/b6-5+/t11-,13-,14-,15+,16-,17-,19-/m0/s1. The molecule has 0 aromatic carbocycles. The number of carbonyl (C=O) groups is 1. The lowest BCUT2D eigenvalue weighted by molar-refractivity contribution is -0.306. The Morgan fingerprint density at radius 2 is 1.93 bits per heavy atom. The van der Waals surface area contributed by atoms with Crippen molar-refractivity contribution in [3.8, 4) is 0 Å². The molecule has 2 aliphatic rings. The van der Waals surface area contributed by atoms with E-state index in [9.17, 15) is 30.3 Å². The van der Waals surface area contributed by atoms with Crippen LogP contribution in [0.2, 0.25) is 0 Å². The van der Waals surface area contributed by atoms with Gasteiger partial charge in [-0.25, -0.2) is 0 Å². The Morgan fingerprint density at radius 3 is 2.48 bits per heavy atom. The van der Waals surface area contributed by atoms with E-state index in [4.69, 9.17) is 9.47 Å². The maximum Gasteiger partial charge on any atom is 0.187 e. The van der Waals surface area contributed by atoms with Crippen LogP contribution < -0.4 is 0 Å². The molecule has 1 aliphatic heterocycles. The minimum absolute atomic E-state index is 0.0406. The molecule has 8 heteroatoms. The van der Waals surface area contributed by atoms with Crippen molar-refractivity contribution in [3.63, 3.8) is 0 Å². The van der Waals surface area contributed by atoms with Crippen LogP contribution in [0.25, 0.3) is 0 Å². The third-order valence-corrected chi connectivity index (χ3v) is 5.43. The number of aliphatic hydroxyl groups is 5. The zero-order valence-corrected chi connectivity index (χ0v) is 16.1. The van der Waals surface area contributed by atoms with E-state index in [-0.39, 0.29) is 12.2 Å². The largest absolute Gasteiger partial charge is 0.394 e. The van der Waals surface area contributed by atoms with Crippen LogP contribution >= 0.6 is 0 Å². The van der Waals surface area contributed by atoms with Crippen LogP contribution in [-0.4, -0.2) is 80.3 Å². The molecule has 0 amide bonds. The fourth-order valence-electron chi connectivity index (χ4n) is 3.58. The van der Waals surface area contributed by atoms with E-state index in [1.54, 1.807) is 39.8 Å². The SMILES string of the molecule is CC1=CC(=O)CC(C)(C)[C@]1(O)/C=C/[C@H](C)O[C@H]1O[C@@H](CO)[C@H](O)[C@@H](O)[C@@H]1O. The predicted octanol–water partition coefficient (Wildman–Crippen LogP) is -0.576. The van der Waals surface area contributed by atoms with Gasteiger partial charge in [-0.2, -0.15) is 0 Å². The molecular formula is C19H30O8. The van der Waals surface area contributed by atoms with Crippen LogP contribution in [0, 0.1) is 5.41 Å². The molecule has 0 spiro atoms. The van der Waals surface area contributed by atoms with Crippen molar-refractivity contribution in [2.75, 3.05) is 6.61 Å². The van der Waals surface area contributed by atoms with Crippen molar-refractivity contribution >= 4 is 5.78 Å². The Kier molecular flexibility index (Phi) is 6.63. The molecule has 2 rings (SSSR count). The molecule has 0 radical (unpaired) electrons. The van der Waals surface area contributed by atoms with E-state index in [1.165, 1.54) is 6.08 Å². The average molecular weight is 386 g/mol. The molecule has 1 aliphatic carbocycles. The van der Waals surface area contributed by atoms with E-state index >= 15 is 0 Å². The van der Waals surface area contributed by atoms with Crippen LogP contribution in [0.3, 0.4) is 0 Å². The van der Waals surface area contributed by atoms with Crippen LogP contribution in [0.5, 0.6) is 0 Å². The van der Waals surface area contributed by atoms with Crippen molar-refractivity contribution in [3.05, 3.63) is 23.8 Å². The lowest BCUT2D eigenvalue weighted by Gasteiger charge is -2.44. The van der Waals surface area contributed by atoms with Gasteiger partial charge in [-0.3, -0.25) is 4.79 Å². The van der Waals surface area contributed by atoms with Gasteiger partial charge < -0.3 is 35.0 Å². The van der Waals surface area contributed by atoms with Gasteiger partial charge in [0.1, 0.15) is 30.0 Å². The molecule has 1 heterocycles. The predicted molar refractivity (Wildman–Crippen MR) is 95.6 cm³/mol. The van der Waals surface area contributed by atoms with Gasteiger partial charge in [-0.05, 0) is 31.6 Å². The highest BCUT2D eigenvalue weighted by molar-refractivity contribution is 5.92. The smallest absolute Gasteiger partial charge is 0.187 e. The fraction of sp³-hybridized carbons (Fsp3) is 0.737. The molecule has 1 fully saturated rings. The quantitative estimate of drug-likeness (QED) is 0.396. The molecule has 1 saturated heterocycles. The van der Waals surface area contributed by atoms with Gasteiger partial charge in [-0.15, -0.1) is 0 Å². The van der Waals surface area contributed by atoms with Gasteiger partial charge >= 0.3 is 0 Å². The van der Waals surface area contributed by atoms with Gasteiger partial charge in [0.05, 0.1) is 12.7 Å². The third kappa shape index (κ3) is 4.32. The van der Waals surface area contributed by atoms with Crippen LogP contribution in [0.4, 0.5) is 0 Å². The van der Waals surface area contributed by atoms with Crippen molar-refractivity contribution in [2.45, 2.75) is 76.5 Å². The minimum Gasteiger partial charge on any atom is -0.394 e. The summed E-state index contributed by atoms with van der Waals surface area (Å²) >= 11 is 0. The number of ketones is 1. The zero-order chi connectivity index (χ0) is 20.6. The Labute approximate surface area is 158 Å². The summed E-state index contributed by atoms with van der Waals surface area (Å²) in [6.07, 6.45) is -2.64. The molecule has 7 atom stereocenters. The first kappa shape index (κ1) is 22.2. The Bertz CT molecular complexity index is 611. The van der Waals surface area contributed by atoms with Gasteiger partial charge in [0.2, 0.25) is 0 Å². The maximum absolute atomic E-state index is 11.8. The van der Waals surface area contributed by atoms with Crippen LogP contribution in [0.1, 0.15) is 34.1 Å². The Hall–Kier alpha value is -1.13. The fourth-order valence-corrected chi connectivity index (χ4v) is 3.58. The maximum atomic E-state index is 11.8. The molecule has 5 N–H and O–H groups in total. The van der Waals surface area contributed by atoms with Crippen molar-refractivity contribution in [1.29, 1.82) is 0 Å². The summed E-state index contributed by atoms with van der Waals surface area (Å²) in [4.78, 5) is 11.8. The number of aliphatic hydroxyl groups excluding tert-OH is 4. The topological polar surface area (TPSA) is 137 Å². The molecule has 8 nitrogen and oxygen atoms in total. The molecule has 154 valence electrons. The number of hydrogen-bond acceptors (Lipinski definition) is 8. The van der Waals surface area contributed by atoms with Gasteiger partial charge in [0.25, 0.3) is 0 Å². The van der Waals surface area contributed by atoms with Gasteiger partial charge in [-0.1, -0.05) is 19.9 Å². The molecule has 0 aromatic heterocycles. The lowest BCUT2D eigenvalue weighted by atomic mass is 9.64. The second-order valence-corrected chi connectivity index (χ2v) is 8.02. The van der Waals surface area contributed by atoms with Gasteiger partial charge in [0.15, 0.2) is 12.1 Å².